The molecule has 0 aromatic heterocycles. The van der Waals surface area contributed by atoms with E-state index < -0.39 is 0 Å². The second-order valence-electron chi connectivity index (χ2n) is 7.66. The van der Waals surface area contributed by atoms with Gasteiger partial charge in [0.1, 0.15) is 0 Å². The lowest BCUT2D eigenvalue weighted by Crippen LogP contribution is -2.24. The largest absolute Gasteiger partial charge is 0.385 e. The van der Waals surface area contributed by atoms with Crippen LogP contribution in [0.4, 0.5) is 5.69 Å². The normalized spacial score (nSPS) is 12.0. The Balaban J connectivity index is 1.72. The van der Waals surface area contributed by atoms with Crippen LogP contribution in [0.1, 0.15) is 43.4 Å². The van der Waals surface area contributed by atoms with Crippen molar-refractivity contribution in [2.24, 2.45) is 0 Å². The smallest absolute Gasteiger partial charge is 0.0562 e. The Hall–Kier alpha value is -2.55. The van der Waals surface area contributed by atoms with Crippen molar-refractivity contribution in [1.82, 2.24) is 4.90 Å². The zero-order valence-electron chi connectivity index (χ0n) is 18.7. The van der Waals surface area contributed by atoms with E-state index in [2.05, 4.69) is 84.7 Å². The standard InChI is InChI=1S/C28H33ClN2/c1-3-31(4-2)22-12-11-21-30-26-19-17-24(18-20-26)27(23-13-7-5-8-14-23)28(29)25-15-9-6-10-16-25/h5-10,13-20,30H,3-4,11-12,21-22H2,1-2H3. The average Bonchev–Trinajstić information content (AvgIpc) is 2.83. The molecule has 1 N–H and O–H groups in total. The van der Waals surface area contributed by atoms with Gasteiger partial charge in [0.2, 0.25) is 0 Å². The van der Waals surface area contributed by atoms with Crippen LogP contribution in [-0.2, 0) is 0 Å². The summed E-state index contributed by atoms with van der Waals surface area (Å²) in [6, 6.07) is 29.2. The van der Waals surface area contributed by atoms with Crippen LogP contribution in [0.25, 0.3) is 10.6 Å². The maximum absolute atomic E-state index is 6.91. The Labute approximate surface area is 192 Å². The first-order valence-electron chi connectivity index (χ1n) is 11.3. The van der Waals surface area contributed by atoms with Gasteiger partial charge in [0, 0.05) is 17.8 Å². The van der Waals surface area contributed by atoms with Gasteiger partial charge in [-0.15, -0.1) is 0 Å². The van der Waals surface area contributed by atoms with Gasteiger partial charge in [-0.3, -0.25) is 0 Å². The first-order chi connectivity index (χ1) is 15.2. The Morgan fingerprint density at radius 3 is 1.84 bits per heavy atom. The molecule has 3 aromatic carbocycles. The first kappa shape index (κ1) is 23.1. The van der Waals surface area contributed by atoms with Gasteiger partial charge in [0.15, 0.2) is 0 Å². The van der Waals surface area contributed by atoms with E-state index in [0.29, 0.717) is 0 Å². The number of halogens is 1. The van der Waals surface area contributed by atoms with Crippen LogP contribution in [0.2, 0.25) is 0 Å². The van der Waals surface area contributed by atoms with Gasteiger partial charge in [-0.1, -0.05) is 98.2 Å². The molecule has 2 nitrogen and oxygen atoms in total. The van der Waals surface area contributed by atoms with Crippen molar-refractivity contribution in [3.63, 3.8) is 0 Å². The molecule has 0 heterocycles. The highest BCUT2D eigenvalue weighted by atomic mass is 35.5. The van der Waals surface area contributed by atoms with Crippen LogP contribution in [0.3, 0.4) is 0 Å². The van der Waals surface area contributed by atoms with Crippen LogP contribution in [0.15, 0.2) is 84.9 Å². The lowest BCUT2D eigenvalue weighted by Gasteiger charge is -2.17. The van der Waals surface area contributed by atoms with E-state index in [9.17, 15) is 0 Å². The van der Waals surface area contributed by atoms with Crippen molar-refractivity contribution in [3.05, 3.63) is 102 Å². The van der Waals surface area contributed by atoms with Gasteiger partial charge >= 0.3 is 0 Å². The Morgan fingerprint density at radius 2 is 1.26 bits per heavy atom. The topological polar surface area (TPSA) is 15.3 Å². The van der Waals surface area contributed by atoms with Crippen molar-refractivity contribution in [1.29, 1.82) is 0 Å². The Bertz CT molecular complexity index is 930. The van der Waals surface area contributed by atoms with E-state index in [0.717, 1.165) is 52.6 Å². The summed E-state index contributed by atoms with van der Waals surface area (Å²) in [5, 5.41) is 4.32. The summed E-state index contributed by atoms with van der Waals surface area (Å²) in [6.45, 7) is 8.89. The predicted molar refractivity (Wildman–Crippen MR) is 137 cm³/mol. The van der Waals surface area contributed by atoms with E-state index in [4.69, 9.17) is 11.6 Å². The van der Waals surface area contributed by atoms with Crippen LogP contribution >= 0.6 is 11.6 Å². The van der Waals surface area contributed by atoms with Gasteiger partial charge in [-0.05, 0) is 61.3 Å². The summed E-state index contributed by atoms with van der Waals surface area (Å²) in [4.78, 5) is 2.47. The van der Waals surface area contributed by atoms with E-state index in [1.54, 1.807) is 0 Å². The molecule has 0 atom stereocenters. The number of hydrogen-bond acceptors (Lipinski definition) is 2. The van der Waals surface area contributed by atoms with Crippen LogP contribution < -0.4 is 5.32 Å². The number of benzene rings is 3. The molecule has 3 aromatic rings. The minimum absolute atomic E-state index is 0.768. The fourth-order valence-electron chi connectivity index (χ4n) is 3.74. The maximum atomic E-state index is 6.91. The average molecular weight is 433 g/mol. The summed E-state index contributed by atoms with van der Waals surface area (Å²) in [5.74, 6) is 0. The summed E-state index contributed by atoms with van der Waals surface area (Å²) >= 11 is 6.91. The number of hydrogen-bond donors (Lipinski definition) is 1. The molecule has 3 rings (SSSR count). The van der Waals surface area contributed by atoms with Crippen molar-refractivity contribution in [3.8, 4) is 0 Å². The molecule has 0 aliphatic carbocycles. The fourth-order valence-corrected chi connectivity index (χ4v) is 4.09. The van der Waals surface area contributed by atoms with Crippen molar-refractivity contribution >= 4 is 27.9 Å². The molecule has 0 bridgehead atoms. The summed E-state index contributed by atoms with van der Waals surface area (Å²) in [6.07, 6.45) is 2.40. The van der Waals surface area contributed by atoms with E-state index in [1.165, 1.54) is 19.4 Å². The maximum Gasteiger partial charge on any atom is 0.0562 e. The van der Waals surface area contributed by atoms with Crippen molar-refractivity contribution < 1.29 is 0 Å². The van der Waals surface area contributed by atoms with Gasteiger partial charge in [0.05, 0.1) is 5.03 Å². The molecule has 0 saturated heterocycles. The van der Waals surface area contributed by atoms with Crippen LogP contribution in [-0.4, -0.2) is 31.1 Å². The number of nitrogens with one attached hydrogen (secondary N) is 1. The number of unbranched alkanes of at least 4 members (excludes halogenated alkanes) is 1. The van der Waals surface area contributed by atoms with Crippen LogP contribution in [0, 0.1) is 0 Å². The van der Waals surface area contributed by atoms with Gasteiger partial charge in [0.25, 0.3) is 0 Å². The fraction of sp³-hybridized carbons (Fsp3) is 0.286. The lowest BCUT2D eigenvalue weighted by atomic mass is 9.95. The molecule has 3 heteroatoms. The minimum atomic E-state index is 0.768. The zero-order valence-corrected chi connectivity index (χ0v) is 19.4. The third-order valence-electron chi connectivity index (χ3n) is 5.61. The highest BCUT2D eigenvalue weighted by Gasteiger charge is 2.12. The van der Waals surface area contributed by atoms with E-state index in [-0.39, 0.29) is 0 Å². The number of nitrogens with zero attached hydrogens (tertiary/aromatic N) is 1. The zero-order chi connectivity index (χ0) is 21.9. The monoisotopic (exact) mass is 432 g/mol. The lowest BCUT2D eigenvalue weighted by molar-refractivity contribution is 0.298. The Kier molecular flexibility index (Phi) is 9.20. The second kappa shape index (κ2) is 12.3. The predicted octanol–water partition coefficient (Wildman–Crippen LogP) is 7.38. The molecule has 0 radical (unpaired) electrons. The van der Waals surface area contributed by atoms with Gasteiger partial charge in [-0.25, -0.2) is 0 Å². The minimum Gasteiger partial charge on any atom is -0.385 e. The van der Waals surface area contributed by atoms with Crippen molar-refractivity contribution in [2.45, 2.75) is 26.7 Å². The second-order valence-corrected chi connectivity index (χ2v) is 8.04. The SMILES string of the molecule is CCN(CC)CCCCNc1ccc(C(=C(Cl)c2ccccc2)c2ccccc2)cc1. The van der Waals surface area contributed by atoms with E-state index >= 15 is 0 Å². The molecule has 0 aliphatic heterocycles. The molecule has 0 aliphatic rings. The molecular formula is C28H33ClN2. The molecule has 0 amide bonds. The third-order valence-corrected chi connectivity index (χ3v) is 6.01. The molecule has 0 spiro atoms. The van der Waals surface area contributed by atoms with Gasteiger partial charge in [-0.2, -0.15) is 0 Å². The number of anilines is 1. The molecule has 0 fully saturated rings. The summed E-state index contributed by atoms with van der Waals surface area (Å²) in [7, 11) is 0. The molecule has 162 valence electrons. The third kappa shape index (κ3) is 6.72. The van der Waals surface area contributed by atoms with Gasteiger partial charge < -0.3 is 10.2 Å². The molecule has 0 unspecified atom stereocenters. The van der Waals surface area contributed by atoms with Crippen molar-refractivity contribution in [2.75, 3.05) is 31.5 Å². The summed E-state index contributed by atoms with van der Waals surface area (Å²) < 4.78 is 0. The highest BCUT2D eigenvalue weighted by molar-refractivity contribution is 6.53. The molecule has 0 saturated carbocycles. The summed E-state index contributed by atoms with van der Waals surface area (Å²) in [5.41, 5.74) is 5.47. The quantitative estimate of drug-likeness (QED) is 0.251. The number of rotatable bonds is 11. The Morgan fingerprint density at radius 1 is 0.710 bits per heavy atom. The molecule has 31 heavy (non-hydrogen) atoms. The first-order valence-corrected chi connectivity index (χ1v) is 11.7. The molecular weight excluding hydrogens is 400 g/mol. The highest BCUT2D eigenvalue weighted by Crippen LogP contribution is 2.35. The van der Waals surface area contributed by atoms with Crippen LogP contribution in [0.5, 0.6) is 0 Å². The van der Waals surface area contributed by atoms with E-state index in [1.807, 2.05) is 24.3 Å².